The molecule has 1 saturated heterocycles. The first-order valence-electron chi connectivity index (χ1n) is 13.0. The Kier molecular flexibility index (Phi) is 5.81. The molecule has 0 N–H and O–H groups in total. The Labute approximate surface area is 215 Å². The van der Waals surface area contributed by atoms with E-state index in [4.69, 9.17) is 14.1 Å². The number of hydrogen-bond acceptors (Lipinski definition) is 6. The number of piperidine rings is 1. The number of carbonyl (C=O) groups excluding carboxylic acids is 2. The highest BCUT2D eigenvalue weighted by Crippen LogP contribution is 2.55. The van der Waals surface area contributed by atoms with E-state index in [0.29, 0.717) is 11.3 Å². The van der Waals surface area contributed by atoms with Crippen molar-refractivity contribution in [3.8, 4) is 11.3 Å². The lowest BCUT2D eigenvalue weighted by Crippen LogP contribution is -2.42. The van der Waals surface area contributed by atoms with Crippen molar-refractivity contribution >= 4 is 28.3 Å². The zero-order chi connectivity index (χ0) is 25.6. The Morgan fingerprint density at radius 1 is 1.08 bits per heavy atom. The van der Waals surface area contributed by atoms with E-state index < -0.39 is 0 Å². The highest BCUT2D eigenvalue weighted by molar-refractivity contribution is 5.85. The van der Waals surface area contributed by atoms with Crippen LogP contribution in [0.3, 0.4) is 0 Å². The number of fused-ring (bicyclic) bond motifs is 1. The first-order valence-corrected chi connectivity index (χ1v) is 13.0. The topological polar surface area (TPSA) is 81.2 Å². The van der Waals surface area contributed by atoms with E-state index in [0.717, 1.165) is 31.0 Å². The predicted octanol–water partition coefficient (Wildman–Crippen LogP) is 5.90. The standard InChI is InChI=1S/C29H30N4O.CO2/c1-19-5-3-4-6-24(19)27-26(28(34-31-27)20-7-8-20)22-16-29(17-22)11-13-33(14-12-29)23-9-10-25-21(15-23)18-30-32(25)2;2-1-3/h3-6,9-10,15-16,18,20H,7-8,11-14,17H2,1-2H3;. The van der Waals surface area contributed by atoms with Crippen LogP contribution in [0.15, 0.2) is 59.3 Å². The first-order chi connectivity index (χ1) is 18.0. The smallest absolute Gasteiger partial charge is 0.371 e. The van der Waals surface area contributed by atoms with Crippen molar-refractivity contribution in [2.75, 3.05) is 18.0 Å². The summed E-state index contributed by atoms with van der Waals surface area (Å²) in [5.74, 6) is 1.68. The molecule has 7 nitrogen and oxygen atoms in total. The van der Waals surface area contributed by atoms with Crippen LogP contribution in [0.25, 0.3) is 27.7 Å². The van der Waals surface area contributed by atoms with Gasteiger partial charge in [0.1, 0.15) is 11.5 Å². The summed E-state index contributed by atoms with van der Waals surface area (Å²) in [7, 11) is 2.00. The van der Waals surface area contributed by atoms with Gasteiger partial charge in [-0.25, -0.2) is 0 Å². The van der Waals surface area contributed by atoms with E-state index in [-0.39, 0.29) is 6.15 Å². The van der Waals surface area contributed by atoms with Crippen LogP contribution < -0.4 is 4.90 Å². The minimum Gasteiger partial charge on any atom is -0.371 e. The summed E-state index contributed by atoms with van der Waals surface area (Å²) < 4.78 is 7.91. The van der Waals surface area contributed by atoms with Gasteiger partial charge in [0, 0.05) is 48.3 Å². The number of benzene rings is 2. The number of rotatable bonds is 4. The average molecular weight is 495 g/mol. The van der Waals surface area contributed by atoms with Crippen molar-refractivity contribution in [2.24, 2.45) is 12.5 Å². The molecule has 2 fully saturated rings. The van der Waals surface area contributed by atoms with Crippen molar-refractivity contribution in [3.63, 3.8) is 0 Å². The minimum absolute atomic E-state index is 0.250. The van der Waals surface area contributed by atoms with Gasteiger partial charge in [-0.15, -0.1) is 0 Å². The van der Waals surface area contributed by atoms with Crippen LogP contribution in [-0.2, 0) is 16.6 Å². The van der Waals surface area contributed by atoms with Crippen LogP contribution in [0.2, 0.25) is 0 Å². The summed E-state index contributed by atoms with van der Waals surface area (Å²) in [5.41, 5.74) is 9.08. The van der Waals surface area contributed by atoms with Gasteiger partial charge < -0.3 is 9.42 Å². The number of anilines is 1. The minimum atomic E-state index is 0.250. The lowest BCUT2D eigenvalue weighted by Gasteiger charge is -2.47. The second-order valence-electron chi connectivity index (χ2n) is 10.7. The van der Waals surface area contributed by atoms with E-state index >= 15 is 0 Å². The van der Waals surface area contributed by atoms with Crippen LogP contribution in [0.4, 0.5) is 5.69 Å². The molecule has 2 aromatic heterocycles. The summed E-state index contributed by atoms with van der Waals surface area (Å²) in [5, 5.41) is 10.2. The van der Waals surface area contributed by atoms with Gasteiger partial charge in [0.2, 0.25) is 0 Å². The zero-order valence-corrected chi connectivity index (χ0v) is 21.2. The molecular formula is C30H30N4O3. The van der Waals surface area contributed by atoms with Crippen molar-refractivity contribution in [3.05, 3.63) is 71.6 Å². The van der Waals surface area contributed by atoms with E-state index in [1.54, 1.807) is 0 Å². The van der Waals surface area contributed by atoms with Gasteiger partial charge in [0.15, 0.2) is 0 Å². The van der Waals surface area contributed by atoms with Crippen molar-refractivity contribution in [1.29, 1.82) is 0 Å². The maximum absolute atomic E-state index is 8.12. The molecule has 2 aromatic carbocycles. The monoisotopic (exact) mass is 494 g/mol. The van der Waals surface area contributed by atoms with Crippen molar-refractivity contribution < 1.29 is 14.1 Å². The number of nitrogens with zero attached hydrogens (tertiary/aromatic N) is 4. The molecule has 0 bridgehead atoms. The lowest BCUT2D eigenvalue weighted by atomic mass is 9.63. The van der Waals surface area contributed by atoms with Gasteiger partial charge in [-0.2, -0.15) is 14.7 Å². The third-order valence-corrected chi connectivity index (χ3v) is 8.27. The Morgan fingerprint density at radius 3 is 2.51 bits per heavy atom. The fourth-order valence-electron chi connectivity index (χ4n) is 6.02. The third-order valence-electron chi connectivity index (χ3n) is 8.27. The summed E-state index contributed by atoms with van der Waals surface area (Å²) in [6.07, 6.45) is 10.8. The average Bonchev–Trinajstić information content (AvgIpc) is 3.54. The van der Waals surface area contributed by atoms with E-state index in [9.17, 15) is 0 Å². The molecule has 2 aliphatic carbocycles. The van der Waals surface area contributed by atoms with Crippen molar-refractivity contribution in [1.82, 2.24) is 14.9 Å². The number of allylic oxidation sites excluding steroid dienone is 2. The normalized spacial score (nSPS) is 18.1. The second kappa shape index (κ2) is 9.16. The molecule has 1 saturated carbocycles. The summed E-state index contributed by atoms with van der Waals surface area (Å²) in [4.78, 5) is 18.8. The third kappa shape index (κ3) is 4.19. The Balaban J connectivity index is 0.000000804. The highest BCUT2D eigenvalue weighted by Gasteiger charge is 2.43. The van der Waals surface area contributed by atoms with Crippen LogP contribution in [-0.4, -0.2) is 34.2 Å². The molecule has 4 aromatic rings. The predicted molar refractivity (Wildman–Crippen MR) is 141 cm³/mol. The number of aromatic nitrogens is 3. The van der Waals surface area contributed by atoms with E-state index in [2.05, 4.69) is 70.6 Å². The van der Waals surface area contributed by atoms with Crippen molar-refractivity contribution in [2.45, 2.75) is 44.9 Å². The fraction of sp³-hybridized carbons (Fsp3) is 0.367. The lowest BCUT2D eigenvalue weighted by molar-refractivity contribution is -0.191. The largest absolute Gasteiger partial charge is 0.373 e. The Morgan fingerprint density at radius 2 is 1.81 bits per heavy atom. The fourth-order valence-corrected chi connectivity index (χ4v) is 6.02. The molecule has 7 heteroatoms. The van der Waals surface area contributed by atoms with Crippen LogP contribution >= 0.6 is 0 Å². The first kappa shape index (κ1) is 23.4. The zero-order valence-electron chi connectivity index (χ0n) is 21.2. The molecule has 0 amide bonds. The van der Waals surface area contributed by atoms with E-state index in [1.165, 1.54) is 64.5 Å². The quantitative estimate of drug-likeness (QED) is 0.351. The van der Waals surface area contributed by atoms with Crippen LogP contribution in [0, 0.1) is 12.3 Å². The summed E-state index contributed by atoms with van der Waals surface area (Å²) in [6, 6.07) is 15.3. The molecule has 3 heterocycles. The molecule has 0 radical (unpaired) electrons. The van der Waals surface area contributed by atoms with E-state index in [1.807, 2.05) is 17.9 Å². The van der Waals surface area contributed by atoms with Crippen LogP contribution in [0.5, 0.6) is 0 Å². The summed E-state index contributed by atoms with van der Waals surface area (Å²) >= 11 is 0. The van der Waals surface area contributed by atoms with Crippen LogP contribution in [0.1, 0.15) is 54.9 Å². The Bertz CT molecular complexity index is 1530. The Hall–Kier alpha value is -3.96. The SMILES string of the molecule is Cc1ccccc1-c1noc(C2CC2)c1C1=CC2(CCN(c3ccc4c(cnn4C)c3)CC2)C1.O=C=O. The van der Waals surface area contributed by atoms with Gasteiger partial charge >= 0.3 is 6.15 Å². The molecular weight excluding hydrogens is 464 g/mol. The van der Waals surface area contributed by atoms with Gasteiger partial charge in [-0.3, -0.25) is 4.68 Å². The summed E-state index contributed by atoms with van der Waals surface area (Å²) in [6.45, 7) is 4.36. The number of hydrogen-bond donors (Lipinski definition) is 0. The second-order valence-corrected chi connectivity index (χ2v) is 10.7. The highest BCUT2D eigenvalue weighted by atomic mass is 16.5. The molecule has 7 rings (SSSR count). The van der Waals surface area contributed by atoms with Gasteiger partial charge in [0.05, 0.1) is 11.7 Å². The number of aryl methyl sites for hydroxylation is 2. The van der Waals surface area contributed by atoms with Gasteiger partial charge in [-0.05, 0) is 73.8 Å². The molecule has 188 valence electrons. The molecule has 0 atom stereocenters. The molecule has 1 spiro atoms. The maximum atomic E-state index is 8.12. The molecule has 0 unspecified atom stereocenters. The molecule has 1 aliphatic heterocycles. The maximum Gasteiger partial charge on any atom is 0.373 e. The molecule has 37 heavy (non-hydrogen) atoms. The van der Waals surface area contributed by atoms with Gasteiger partial charge in [0.25, 0.3) is 0 Å². The molecule has 3 aliphatic rings. The van der Waals surface area contributed by atoms with Gasteiger partial charge in [-0.1, -0.05) is 35.5 Å².